The Morgan fingerprint density at radius 1 is 1.32 bits per heavy atom. The molecule has 3 rings (SSSR count). The Bertz CT molecular complexity index is 732. The molecule has 0 spiro atoms. The molecular formula is C17H18N2O3. The van der Waals surface area contributed by atoms with E-state index in [1.54, 1.807) is 30.4 Å². The molecule has 5 nitrogen and oxygen atoms in total. The Hall–Kier alpha value is -2.56. The van der Waals surface area contributed by atoms with Crippen molar-refractivity contribution in [2.24, 2.45) is 0 Å². The lowest BCUT2D eigenvalue weighted by molar-refractivity contribution is 0.104. The van der Waals surface area contributed by atoms with Crippen LogP contribution in [0, 0.1) is 6.92 Å². The maximum Gasteiger partial charge on any atom is 0.185 e. The van der Waals surface area contributed by atoms with E-state index in [1.165, 1.54) is 0 Å². The smallest absolute Gasteiger partial charge is 0.185 e. The van der Waals surface area contributed by atoms with Crippen LogP contribution in [-0.4, -0.2) is 28.8 Å². The van der Waals surface area contributed by atoms with E-state index in [4.69, 9.17) is 9.47 Å². The number of ether oxygens (including phenoxy) is 2. The molecule has 0 atom stereocenters. The van der Waals surface area contributed by atoms with E-state index < -0.39 is 0 Å². The van der Waals surface area contributed by atoms with Crippen LogP contribution in [0.25, 0.3) is 6.08 Å². The maximum absolute atomic E-state index is 12.3. The van der Waals surface area contributed by atoms with E-state index in [0.717, 1.165) is 17.8 Å². The van der Waals surface area contributed by atoms with Gasteiger partial charge in [0.2, 0.25) is 0 Å². The molecule has 0 unspecified atom stereocenters. The number of nitrogens with zero attached hydrogens (tertiary/aromatic N) is 2. The van der Waals surface area contributed by atoms with Gasteiger partial charge in [0.1, 0.15) is 13.2 Å². The van der Waals surface area contributed by atoms with E-state index in [9.17, 15) is 4.79 Å². The number of fused-ring (bicyclic) bond motifs is 1. The minimum atomic E-state index is -0.0689. The molecular weight excluding hydrogens is 280 g/mol. The molecule has 0 fully saturated rings. The minimum Gasteiger partial charge on any atom is -0.486 e. The third-order valence-corrected chi connectivity index (χ3v) is 3.55. The SMILES string of the molecule is CCn1cc(/C=C/C(=O)c2ccc3c(c2)OCCO3)c(C)n1. The van der Waals surface area contributed by atoms with Gasteiger partial charge in [0.15, 0.2) is 17.3 Å². The largest absolute Gasteiger partial charge is 0.486 e. The Labute approximate surface area is 129 Å². The van der Waals surface area contributed by atoms with Gasteiger partial charge in [-0.2, -0.15) is 5.10 Å². The number of rotatable bonds is 4. The van der Waals surface area contributed by atoms with Crippen molar-refractivity contribution in [3.05, 3.63) is 47.3 Å². The molecule has 0 N–H and O–H groups in total. The average molecular weight is 298 g/mol. The Morgan fingerprint density at radius 3 is 2.82 bits per heavy atom. The molecule has 2 aromatic rings. The number of ketones is 1. The zero-order valence-corrected chi connectivity index (χ0v) is 12.7. The van der Waals surface area contributed by atoms with Crippen LogP contribution < -0.4 is 9.47 Å². The first-order valence-electron chi connectivity index (χ1n) is 7.33. The van der Waals surface area contributed by atoms with E-state index in [2.05, 4.69) is 5.10 Å². The number of hydrogen-bond acceptors (Lipinski definition) is 4. The molecule has 114 valence electrons. The molecule has 2 heterocycles. The molecule has 5 heteroatoms. The van der Waals surface area contributed by atoms with Crippen molar-refractivity contribution in [3.8, 4) is 11.5 Å². The van der Waals surface area contributed by atoms with Gasteiger partial charge in [0.25, 0.3) is 0 Å². The second-order valence-electron chi connectivity index (χ2n) is 5.08. The molecule has 22 heavy (non-hydrogen) atoms. The van der Waals surface area contributed by atoms with E-state index in [0.29, 0.717) is 30.3 Å². The molecule has 0 saturated carbocycles. The van der Waals surface area contributed by atoms with Crippen molar-refractivity contribution < 1.29 is 14.3 Å². The summed E-state index contributed by atoms with van der Waals surface area (Å²) in [6, 6.07) is 5.25. The second-order valence-corrected chi connectivity index (χ2v) is 5.08. The summed E-state index contributed by atoms with van der Waals surface area (Å²) in [7, 11) is 0. The third-order valence-electron chi connectivity index (χ3n) is 3.55. The Morgan fingerprint density at radius 2 is 2.09 bits per heavy atom. The summed E-state index contributed by atoms with van der Waals surface area (Å²) >= 11 is 0. The summed E-state index contributed by atoms with van der Waals surface area (Å²) in [5.41, 5.74) is 2.45. The topological polar surface area (TPSA) is 53.4 Å². The fourth-order valence-electron chi connectivity index (χ4n) is 2.32. The first-order chi connectivity index (χ1) is 10.7. The van der Waals surface area contributed by atoms with Gasteiger partial charge in [-0.3, -0.25) is 9.48 Å². The van der Waals surface area contributed by atoms with Crippen LogP contribution >= 0.6 is 0 Å². The lowest BCUT2D eigenvalue weighted by Gasteiger charge is -2.18. The number of hydrogen-bond donors (Lipinski definition) is 0. The minimum absolute atomic E-state index is 0.0689. The summed E-state index contributed by atoms with van der Waals surface area (Å²) < 4.78 is 12.8. The molecule has 0 saturated heterocycles. The van der Waals surface area contributed by atoms with Crippen LogP contribution in [0.3, 0.4) is 0 Å². The first kappa shape index (κ1) is 14.4. The van der Waals surface area contributed by atoms with Crippen molar-refractivity contribution in [3.63, 3.8) is 0 Å². The summed E-state index contributed by atoms with van der Waals surface area (Å²) in [4.78, 5) is 12.3. The molecule has 1 aliphatic heterocycles. The highest BCUT2D eigenvalue weighted by Crippen LogP contribution is 2.30. The summed E-state index contributed by atoms with van der Waals surface area (Å²) in [5.74, 6) is 1.24. The van der Waals surface area contributed by atoms with Crippen LogP contribution in [0.15, 0.2) is 30.5 Å². The molecule has 0 radical (unpaired) electrons. The maximum atomic E-state index is 12.3. The Kier molecular flexibility index (Phi) is 3.96. The van der Waals surface area contributed by atoms with Gasteiger partial charge in [0.05, 0.1) is 5.69 Å². The predicted molar refractivity (Wildman–Crippen MR) is 83.4 cm³/mol. The first-order valence-corrected chi connectivity index (χ1v) is 7.33. The number of aryl methyl sites for hydroxylation is 2. The van der Waals surface area contributed by atoms with Gasteiger partial charge >= 0.3 is 0 Å². The van der Waals surface area contributed by atoms with Gasteiger partial charge in [-0.25, -0.2) is 0 Å². The second kappa shape index (κ2) is 6.05. The standard InChI is InChI=1S/C17H18N2O3/c1-3-19-11-14(12(2)18-19)4-6-15(20)13-5-7-16-17(10-13)22-9-8-21-16/h4-7,10-11H,3,8-9H2,1-2H3/b6-4+. The number of allylic oxidation sites excluding steroid dienone is 1. The number of benzene rings is 1. The van der Waals surface area contributed by atoms with Crippen LogP contribution in [-0.2, 0) is 6.54 Å². The van der Waals surface area contributed by atoms with Crippen molar-refractivity contribution in [1.82, 2.24) is 9.78 Å². The van der Waals surface area contributed by atoms with Gasteiger partial charge in [-0.15, -0.1) is 0 Å². The zero-order chi connectivity index (χ0) is 15.5. The summed E-state index contributed by atoms with van der Waals surface area (Å²) in [6.45, 7) is 5.82. The number of carbonyl (C=O) groups excluding carboxylic acids is 1. The predicted octanol–water partition coefficient (Wildman–Crippen LogP) is 2.88. The Balaban J connectivity index is 1.79. The molecule has 1 aromatic heterocycles. The quantitative estimate of drug-likeness (QED) is 0.643. The lowest BCUT2D eigenvalue weighted by Crippen LogP contribution is -2.15. The summed E-state index contributed by atoms with van der Waals surface area (Å²) in [6.07, 6.45) is 5.30. The molecule has 0 bridgehead atoms. The van der Waals surface area contributed by atoms with Gasteiger partial charge < -0.3 is 9.47 Å². The van der Waals surface area contributed by atoms with Crippen molar-refractivity contribution in [2.45, 2.75) is 20.4 Å². The van der Waals surface area contributed by atoms with Crippen molar-refractivity contribution in [1.29, 1.82) is 0 Å². The van der Waals surface area contributed by atoms with Crippen molar-refractivity contribution >= 4 is 11.9 Å². The average Bonchev–Trinajstić information content (AvgIpc) is 2.92. The molecule has 1 aromatic carbocycles. The van der Waals surface area contributed by atoms with Crippen LogP contribution in [0.5, 0.6) is 11.5 Å². The highest BCUT2D eigenvalue weighted by molar-refractivity contribution is 6.07. The van der Waals surface area contributed by atoms with E-state index >= 15 is 0 Å². The highest BCUT2D eigenvalue weighted by Gasteiger charge is 2.13. The molecule has 0 amide bonds. The van der Waals surface area contributed by atoms with Gasteiger partial charge in [-0.1, -0.05) is 0 Å². The lowest BCUT2D eigenvalue weighted by atomic mass is 10.1. The fourth-order valence-corrected chi connectivity index (χ4v) is 2.32. The van der Waals surface area contributed by atoms with Crippen LogP contribution in [0.4, 0.5) is 0 Å². The summed E-state index contributed by atoms with van der Waals surface area (Å²) in [5, 5.41) is 4.36. The fraction of sp³-hybridized carbons (Fsp3) is 0.294. The number of carbonyl (C=O) groups is 1. The number of aromatic nitrogens is 2. The third kappa shape index (κ3) is 2.88. The van der Waals surface area contributed by atoms with Gasteiger partial charge in [0, 0.05) is 23.9 Å². The normalized spacial score (nSPS) is 13.5. The van der Waals surface area contributed by atoms with E-state index in [-0.39, 0.29) is 5.78 Å². The van der Waals surface area contributed by atoms with Crippen molar-refractivity contribution in [2.75, 3.05) is 13.2 Å². The van der Waals surface area contributed by atoms with E-state index in [1.807, 2.05) is 24.7 Å². The van der Waals surface area contributed by atoms with Crippen LogP contribution in [0.1, 0.15) is 28.5 Å². The van der Waals surface area contributed by atoms with Gasteiger partial charge in [-0.05, 0) is 44.2 Å². The molecule has 1 aliphatic rings. The zero-order valence-electron chi connectivity index (χ0n) is 12.7. The highest BCUT2D eigenvalue weighted by atomic mass is 16.6. The van der Waals surface area contributed by atoms with Crippen LogP contribution in [0.2, 0.25) is 0 Å². The monoisotopic (exact) mass is 298 g/mol. The molecule has 0 aliphatic carbocycles.